The van der Waals surface area contributed by atoms with E-state index < -0.39 is 6.00 Å². The molecule has 0 amide bonds. The molecule has 0 fully saturated rings. The number of rotatable bonds is 5. The highest BCUT2D eigenvalue weighted by atomic mass is 35.8. The zero-order valence-electron chi connectivity index (χ0n) is 11.5. The van der Waals surface area contributed by atoms with Crippen molar-refractivity contribution < 1.29 is 0 Å². The lowest BCUT2D eigenvalue weighted by atomic mass is 9.72. The van der Waals surface area contributed by atoms with Gasteiger partial charge in [-0.15, -0.1) is 33.2 Å². The summed E-state index contributed by atoms with van der Waals surface area (Å²) in [5.74, 6) is 0.983. The lowest BCUT2D eigenvalue weighted by Gasteiger charge is -2.45. The molecule has 0 aromatic carbocycles. The van der Waals surface area contributed by atoms with Gasteiger partial charge in [0, 0.05) is 5.04 Å². The first-order chi connectivity index (χ1) is 6.84. The predicted octanol–water partition coefficient (Wildman–Crippen LogP) is 6.13. The molecule has 0 aromatic rings. The van der Waals surface area contributed by atoms with Crippen molar-refractivity contribution in [3.05, 3.63) is 0 Å². The van der Waals surface area contributed by atoms with Gasteiger partial charge in [-0.1, -0.05) is 48.5 Å². The van der Waals surface area contributed by atoms with E-state index >= 15 is 0 Å². The average molecular weight is 304 g/mol. The van der Waals surface area contributed by atoms with Crippen molar-refractivity contribution in [2.45, 2.75) is 59.9 Å². The van der Waals surface area contributed by atoms with Crippen LogP contribution in [0.15, 0.2) is 0 Å². The Morgan fingerprint density at radius 3 is 1.44 bits per heavy atom. The maximum Gasteiger partial charge on any atom is 0.347 e. The summed E-state index contributed by atoms with van der Waals surface area (Å²) in [6.45, 7) is 15.5. The maximum atomic E-state index is 6.32. The largest absolute Gasteiger partial charge is 0.347 e. The summed E-state index contributed by atoms with van der Waals surface area (Å²) >= 11 is 18.9. The van der Waals surface area contributed by atoms with Crippen LogP contribution in [-0.2, 0) is 0 Å². The predicted molar refractivity (Wildman–Crippen MR) is 79.8 cm³/mol. The van der Waals surface area contributed by atoms with Crippen molar-refractivity contribution in [1.82, 2.24) is 0 Å². The van der Waals surface area contributed by atoms with Gasteiger partial charge in [-0.3, -0.25) is 0 Å². The first kappa shape index (κ1) is 17.1. The Balaban J connectivity index is 5.13. The normalized spacial score (nSPS) is 18.0. The van der Waals surface area contributed by atoms with Gasteiger partial charge in [0.1, 0.15) is 0 Å². The topological polar surface area (TPSA) is 0 Å². The van der Waals surface area contributed by atoms with Crippen LogP contribution in [0.4, 0.5) is 0 Å². The Labute approximate surface area is 116 Å². The number of halogens is 3. The quantitative estimate of drug-likeness (QED) is 0.423. The van der Waals surface area contributed by atoms with Crippen LogP contribution in [0.3, 0.4) is 0 Å². The van der Waals surface area contributed by atoms with Gasteiger partial charge in [0.05, 0.1) is 0 Å². The summed E-state index contributed by atoms with van der Waals surface area (Å²) in [4.78, 5) is 0. The van der Waals surface area contributed by atoms with Gasteiger partial charge in [-0.05, 0) is 23.7 Å². The van der Waals surface area contributed by atoms with Crippen LogP contribution >= 0.6 is 33.2 Å². The Morgan fingerprint density at radius 1 is 0.875 bits per heavy atom. The third kappa shape index (κ3) is 3.80. The molecule has 98 valence electrons. The summed E-state index contributed by atoms with van der Waals surface area (Å²) < 4.78 is 0. The van der Waals surface area contributed by atoms with E-state index in [-0.39, 0.29) is 10.5 Å². The van der Waals surface area contributed by atoms with Crippen molar-refractivity contribution >= 4 is 39.2 Å². The van der Waals surface area contributed by atoms with Crippen molar-refractivity contribution in [3.8, 4) is 0 Å². The summed E-state index contributed by atoms with van der Waals surface area (Å²) in [5, 5.41) is -0.161. The third-order valence-electron chi connectivity index (χ3n) is 4.31. The smallest absolute Gasteiger partial charge is 0.125 e. The van der Waals surface area contributed by atoms with E-state index in [1.807, 2.05) is 0 Å². The molecule has 0 rings (SSSR count). The third-order valence-corrected chi connectivity index (χ3v) is 10.2. The lowest BCUT2D eigenvalue weighted by Crippen LogP contribution is -2.40. The zero-order chi connectivity index (χ0) is 13.4. The summed E-state index contributed by atoms with van der Waals surface area (Å²) in [5.41, 5.74) is 0.204. The Hall–Kier alpha value is 1.09. The second-order valence-corrected chi connectivity index (χ2v) is 15.4. The minimum atomic E-state index is -2.71. The van der Waals surface area contributed by atoms with E-state index in [0.29, 0.717) is 11.8 Å². The molecule has 0 radical (unpaired) electrons. The SMILES string of the molecule is CC(C)C(C)(C)CC(C)(C(C)C)[Si](Cl)(Cl)Cl. The van der Waals surface area contributed by atoms with Gasteiger partial charge in [-0.2, -0.15) is 0 Å². The molecule has 0 bridgehead atoms. The summed E-state index contributed by atoms with van der Waals surface area (Å²) in [6.07, 6.45) is 0.970. The molecule has 0 aliphatic carbocycles. The minimum Gasteiger partial charge on any atom is -0.125 e. The molecular weight excluding hydrogens is 279 g/mol. The van der Waals surface area contributed by atoms with Gasteiger partial charge in [0.15, 0.2) is 0 Å². The zero-order valence-corrected chi connectivity index (χ0v) is 14.8. The minimum absolute atomic E-state index is 0.161. The van der Waals surface area contributed by atoms with Gasteiger partial charge in [-0.25, -0.2) is 0 Å². The molecule has 0 N–H and O–H groups in total. The molecule has 4 heteroatoms. The highest BCUT2D eigenvalue weighted by Crippen LogP contribution is 2.58. The number of hydrogen-bond donors (Lipinski definition) is 0. The second-order valence-electron chi connectivity index (χ2n) is 6.39. The molecule has 1 unspecified atom stereocenters. The van der Waals surface area contributed by atoms with Gasteiger partial charge >= 0.3 is 6.00 Å². The van der Waals surface area contributed by atoms with Crippen molar-refractivity contribution in [2.75, 3.05) is 0 Å². The second kappa shape index (κ2) is 5.38. The molecule has 0 saturated heterocycles. The van der Waals surface area contributed by atoms with E-state index in [9.17, 15) is 0 Å². The van der Waals surface area contributed by atoms with Crippen LogP contribution in [0.25, 0.3) is 0 Å². The van der Waals surface area contributed by atoms with E-state index in [4.69, 9.17) is 33.2 Å². The van der Waals surface area contributed by atoms with E-state index in [1.165, 1.54) is 0 Å². The highest BCUT2D eigenvalue weighted by molar-refractivity contribution is 7.65. The Morgan fingerprint density at radius 2 is 1.25 bits per heavy atom. The molecule has 0 nitrogen and oxygen atoms in total. The van der Waals surface area contributed by atoms with E-state index in [1.54, 1.807) is 0 Å². The Kier molecular flexibility index (Phi) is 5.75. The fraction of sp³-hybridized carbons (Fsp3) is 1.00. The van der Waals surface area contributed by atoms with Crippen molar-refractivity contribution in [3.63, 3.8) is 0 Å². The lowest BCUT2D eigenvalue weighted by molar-refractivity contribution is 0.179. The monoisotopic (exact) mass is 302 g/mol. The number of hydrogen-bond acceptors (Lipinski definition) is 0. The average Bonchev–Trinajstić information content (AvgIpc) is 2.00. The van der Waals surface area contributed by atoms with Gasteiger partial charge < -0.3 is 0 Å². The molecule has 0 heterocycles. The van der Waals surface area contributed by atoms with Crippen LogP contribution in [0.1, 0.15) is 54.9 Å². The highest BCUT2D eigenvalue weighted by Gasteiger charge is 2.52. The van der Waals surface area contributed by atoms with E-state index in [0.717, 1.165) is 6.42 Å². The Bertz CT molecular complexity index is 231. The summed E-state index contributed by atoms with van der Waals surface area (Å²) in [6, 6.07) is -2.71. The standard InChI is InChI=1S/C12H25Cl3Si/c1-9(2)11(5,6)8-12(7,10(3)4)16(13,14)15/h9-10H,8H2,1-7H3. The van der Waals surface area contributed by atoms with Crippen LogP contribution < -0.4 is 0 Å². The molecule has 16 heavy (non-hydrogen) atoms. The first-order valence-corrected chi connectivity index (χ1v) is 10.9. The fourth-order valence-electron chi connectivity index (χ4n) is 1.78. The maximum absolute atomic E-state index is 6.32. The summed E-state index contributed by atoms with van der Waals surface area (Å²) in [7, 11) is 0. The van der Waals surface area contributed by atoms with Crippen LogP contribution in [0.5, 0.6) is 0 Å². The molecule has 0 aliphatic heterocycles. The first-order valence-electron chi connectivity index (χ1n) is 5.91. The van der Waals surface area contributed by atoms with Crippen molar-refractivity contribution in [1.29, 1.82) is 0 Å². The molecule has 0 spiro atoms. The molecule has 0 aliphatic rings. The van der Waals surface area contributed by atoms with Crippen LogP contribution in [0.2, 0.25) is 5.04 Å². The van der Waals surface area contributed by atoms with Crippen LogP contribution in [0, 0.1) is 17.3 Å². The fourth-order valence-corrected chi connectivity index (χ4v) is 5.66. The van der Waals surface area contributed by atoms with Crippen molar-refractivity contribution in [2.24, 2.45) is 17.3 Å². The van der Waals surface area contributed by atoms with Gasteiger partial charge in [0.25, 0.3) is 0 Å². The molecule has 1 atom stereocenters. The molecule has 0 saturated carbocycles. The van der Waals surface area contributed by atoms with Crippen LogP contribution in [-0.4, -0.2) is 6.00 Å². The molecule has 0 aromatic heterocycles. The van der Waals surface area contributed by atoms with E-state index in [2.05, 4.69) is 48.5 Å². The van der Waals surface area contributed by atoms with Gasteiger partial charge in [0.2, 0.25) is 0 Å². The molecular formula is C12H25Cl3Si.